The summed E-state index contributed by atoms with van der Waals surface area (Å²) in [4.78, 5) is 14.0. The van der Waals surface area contributed by atoms with Gasteiger partial charge in [-0.25, -0.2) is 15.0 Å². The number of aromatic nitrogens is 3. The molecule has 0 saturated carbocycles. The van der Waals surface area contributed by atoms with E-state index < -0.39 is 0 Å². The third-order valence-electron chi connectivity index (χ3n) is 3.53. The molecule has 1 N–H and O–H groups in total. The number of hydrogen-bond donors (Lipinski definition) is 1. The van der Waals surface area contributed by atoms with Gasteiger partial charge in [-0.1, -0.05) is 0 Å². The van der Waals surface area contributed by atoms with Crippen LogP contribution in [0.4, 0.5) is 10.9 Å². The summed E-state index contributed by atoms with van der Waals surface area (Å²) in [6.45, 7) is 5.95. The smallest absolute Gasteiger partial charge is 0.224 e. The highest BCUT2D eigenvalue weighted by molar-refractivity contribution is 7.16. The average Bonchev–Trinajstić information content (AvgIpc) is 2.86. The molecule has 0 atom stereocenters. The fourth-order valence-electron chi connectivity index (χ4n) is 2.45. The second-order valence-electron chi connectivity index (χ2n) is 5.40. The van der Waals surface area contributed by atoms with Gasteiger partial charge in [-0.3, -0.25) is 0 Å². The predicted octanol–water partition coefficient (Wildman–Crippen LogP) is 4.93. The molecule has 0 amide bonds. The number of nitrogens with one attached hydrogen (secondary N) is 1. The molecule has 0 aliphatic carbocycles. The lowest BCUT2D eigenvalue weighted by atomic mass is 10.1. The molecule has 0 bridgehead atoms. The average molecular weight is 361 g/mol. The Morgan fingerprint density at radius 1 is 1.08 bits per heavy atom. The van der Waals surface area contributed by atoms with Gasteiger partial charge in [0.1, 0.15) is 11.6 Å². The van der Waals surface area contributed by atoms with Crippen LogP contribution in [-0.2, 0) is 0 Å². The first-order valence-corrected chi connectivity index (χ1v) is 8.56. The van der Waals surface area contributed by atoms with Crippen LogP contribution in [0.15, 0.2) is 24.3 Å². The van der Waals surface area contributed by atoms with Gasteiger partial charge in [-0.15, -0.1) is 11.3 Å². The molecule has 0 radical (unpaired) electrons. The number of aryl methyl sites for hydroxylation is 3. The monoisotopic (exact) mass is 360 g/mol. The van der Waals surface area contributed by atoms with Gasteiger partial charge >= 0.3 is 0 Å². The maximum absolute atomic E-state index is 5.90. The van der Waals surface area contributed by atoms with Crippen LogP contribution in [0.3, 0.4) is 0 Å². The highest BCUT2D eigenvalue weighted by Gasteiger charge is 2.12. The van der Waals surface area contributed by atoms with Crippen molar-refractivity contribution in [1.29, 1.82) is 0 Å². The number of benzene rings is 1. The van der Waals surface area contributed by atoms with Crippen LogP contribution in [-0.4, -0.2) is 22.1 Å². The molecule has 0 fully saturated rings. The van der Waals surface area contributed by atoms with Crippen molar-refractivity contribution >= 4 is 33.9 Å². The minimum Gasteiger partial charge on any atom is -0.496 e. The molecular formula is C17H17ClN4OS. The second kappa shape index (κ2) is 6.75. The van der Waals surface area contributed by atoms with E-state index >= 15 is 0 Å². The van der Waals surface area contributed by atoms with Gasteiger partial charge in [-0.2, -0.15) is 0 Å². The molecule has 0 unspecified atom stereocenters. The van der Waals surface area contributed by atoms with Crippen LogP contribution in [0.5, 0.6) is 5.75 Å². The maximum Gasteiger partial charge on any atom is 0.224 e. The van der Waals surface area contributed by atoms with E-state index in [1.54, 1.807) is 18.4 Å². The van der Waals surface area contributed by atoms with E-state index in [4.69, 9.17) is 21.3 Å². The summed E-state index contributed by atoms with van der Waals surface area (Å²) in [7, 11) is 1.67. The molecule has 0 saturated heterocycles. The third-order valence-corrected chi connectivity index (χ3v) is 4.58. The first kappa shape index (κ1) is 16.7. The number of ether oxygens (including phenoxy) is 1. The number of rotatable bonds is 4. The van der Waals surface area contributed by atoms with E-state index in [9.17, 15) is 0 Å². The molecule has 7 heteroatoms. The van der Waals surface area contributed by atoms with Crippen molar-refractivity contribution in [3.05, 3.63) is 45.7 Å². The standard InChI is InChI=1S/C17H17ClN4OS/c1-9-7-12(5-6-13(9)23-4)15-11(3)24-17(22-15)21-14-8-10(2)19-16(18)20-14/h5-8H,1-4H3,(H,19,20,21,22). The summed E-state index contributed by atoms with van der Waals surface area (Å²) < 4.78 is 5.32. The maximum atomic E-state index is 5.90. The van der Waals surface area contributed by atoms with Crippen LogP contribution in [0.25, 0.3) is 11.3 Å². The molecule has 0 spiro atoms. The van der Waals surface area contributed by atoms with Gasteiger partial charge in [0, 0.05) is 22.2 Å². The lowest BCUT2D eigenvalue weighted by Gasteiger charge is -2.06. The summed E-state index contributed by atoms with van der Waals surface area (Å²) in [5.74, 6) is 1.51. The largest absolute Gasteiger partial charge is 0.496 e. The molecule has 124 valence electrons. The normalized spacial score (nSPS) is 10.7. The number of methoxy groups -OCH3 is 1. The Bertz CT molecular complexity index is 874. The van der Waals surface area contributed by atoms with Crippen molar-refractivity contribution in [1.82, 2.24) is 15.0 Å². The summed E-state index contributed by atoms with van der Waals surface area (Å²) in [5, 5.41) is 4.19. The Hall–Kier alpha value is -2.18. The quantitative estimate of drug-likeness (QED) is 0.668. The van der Waals surface area contributed by atoms with E-state index in [-0.39, 0.29) is 5.28 Å². The number of anilines is 2. The van der Waals surface area contributed by atoms with Crippen LogP contribution in [0, 0.1) is 20.8 Å². The van der Waals surface area contributed by atoms with Gasteiger partial charge in [0.2, 0.25) is 5.28 Å². The van der Waals surface area contributed by atoms with Crippen molar-refractivity contribution in [3.8, 4) is 17.0 Å². The zero-order chi connectivity index (χ0) is 17.3. The topological polar surface area (TPSA) is 59.9 Å². The minimum absolute atomic E-state index is 0.219. The van der Waals surface area contributed by atoms with E-state index in [2.05, 4.69) is 28.3 Å². The van der Waals surface area contributed by atoms with Crippen molar-refractivity contribution in [2.24, 2.45) is 0 Å². The summed E-state index contributed by atoms with van der Waals surface area (Å²) in [6.07, 6.45) is 0. The Kier molecular flexibility index (Phi) is 4.69. The predicted molar refractivity (Wildman–Crippen MR) is 98.6 cm³/mol. The van der Waals surface area contributed by atoms with Gasteiger partial charge in [0.15, 0.2) is 5.13 Å². The van der Waals surface area contributed by atoms with Crippen LogP contribution in [0.1, 0.15) is 16.1 Å². The zero-order valence-corrected chi connectivity index (χ0v) is 15.4. The van der Waals surface area contributed by atoms with Gasteiger partial charge in [-0.05, 0) is 56.1 Å². The first-order valence-electron chi connectivity index (χ1n) is 7.37. The number of thiazole rings is 1. The Labute approximate surface area is 149 Å². The molecule has 2 aromatic heterocycles. The van der Waals surface area contributed by atoms with Crippen LogP contribution in [0.2, 0.25) is 5.28 Å². The van der Waals surface area contributed by atoms with Crippen molar-refractivity contribution in [2.75, 3.05) is 12.4 Å². The number of hydrogen-bond acceptors (Lipinski definition) is 6. The molecule has 24 heavy (non-hydrogen) atoms. The molecule has 3 rings (SSSR count). The van der Waals surface area contributed by atoms with Crippen molar-refractivity contribution < 1.29 is 4.74 Å². The summed E-state index contributed by atoms with van der Waals surface area (Å²) in [6, 6.07) is 7.89. The Balaban J connectivity index is 1.91. The van der Waals surface area contributed by atoms with E-state index in [1.807, 2.05) is 32.0 Å². The zero-order valence-electron chi connectivity index (χ0n) is 13.8. The summed E-state index contributed by atoms with van der Waals surface area (Å²) >= 11 is 7.48. The number of nitrogens with zero attached hydrogens (tertiary/aromatic N) is 3. The fraction of sp³-hybridized carbons (Fsp3) is 0.235. The SMILES string of the molecule is COc1ccc(-c2nc(Nc3cc(C)nc(Cl)n3)sc2C)cc1C. The third kappa shape index (κ3) is 3.49. The van der Waals surface area contributed by atoms with E-state index in [1.165, 1.54) is 0 Å². The fourth-order valence-corrected chi connectivity index (χ4v) is 3.52. The Morgan fingerprint density at radius 3 is 2.54 bits per heavy atom. The van der Waals surface area contributed by atoms with E-state index in [0.29, 0.717) is 5.82 Å². The second-order valence-corrected chi connectivity index (χ2v) is 6.94. The molecule has 5 nitrogen and oxygen atoms in total. The molecule has 1 aromatic carbocycles. The lowest BCUT2D eigenvalue weighted by Crippen LogP contribution is -1.96. The van der Waals surface area contributed by atoms with E-state index in [0.717, 1.165) is 38.3 Å². The van der Waals surface area contributed by atoms with Crippen LogP contribution < -0.4 is 10.1 Å². The molecule has 3 aromatic rings. The van der Waals surface area contributed by atoms with Gasteiger partial charge in [0.05, 0.1) is 12.8 Å². The molecule has 0 aliphatic rings. The summed E-state index contributed by atoms with van der Waals surface area (Å²) in [5.41, 5.74) is 3.89. The highest BCUT2D eigenvalue weighted by atomic mass is 35.5. The van der Waals surface area contributed by atoms with Gasteiger partial charge < -0.3 is 10.1 Å². The first-order chi connectivity index (χ1) is 11.5. The molecular weight excluding hydrogens is 344 g/mol. The number of halogens is 1. The molecule has 0 aliphatic heterocycles. The lowest BCUT2D eigenvalue weighted by molar-refractivity contribution is 0.412. The highest BCUT2D eigenvalue weighted by Crippen LogP contribution is 2.33. The van der Waals surface area contributed by atoms with Crippen molar-refractivity contribution in [2.45, 2.75) is 20.8 Å². The van der Waals surface area contributed by atoms with Crippen LogP contribution >= 0.6 is 22.9 Å². The Morgan fingerprint density at radius 2 is 1.88 bits per heavy atom. The minimum atomic E-state index is 0.219. The molecule has 2 heterocycles. The van der Waals surface area contributed by atoms with Crippen molar-refractivity contribution in [3.63, 3.8) is 0 Å². The van der Waals surface area contributed by atoms with Gasteiger partial charge in [0.25, 0.3) is 0 Å².